The first kappa shape index (κ1) is 55.8. The molecule has 0 aliphatic carbocycles. The molecule has 0 radical (unpaired) electrons. The minimum absolute atomic E-state index is 0. The summed E-state index contributed by atoms with van der Waals surface area (Å²) in [6.07, 6.45) is 0.809. The Hall–Kier alpha value is 2.36. The van der Waals surface area contributed by atoms with Crippen molar-refractivity contribution in [2.75, 3.05) is 24.6 Å². The summed E-state index contributed by atoms with van der Waals surface area (Å²) in [6.45, 7) is 13.9. The number of hydrogen-bond acceptors (Lipinski definition) is 11. The standard InChI is InChI=1S/C12H23NO6S.C12H21NO5S.I2.3Na/c1-8(9(11(15)16)7-12(2,3)4)10(14)13-5-6-20(17,18)19;1-8-9(7-12(2,3)4)11(15)13(10(8)14)5-6-19(16,17)18;1-2;;;/h8-9H,5-7H2,1-4H3,(H,13,14)(H,15,16)(H,17,18,19);8-9H,5-7H2,1-4H3,(H,16,17,18);;;;/q;;;3*+1/p-3. The molecule has 44 heavy (non-hydrogen) atoms. The van der Waals surface area contributed by atoms with E-state index in [1.807, 2.05) is 41.5 Å². The number of imide groups is 1. The number of rotatable bonds is 11. The average Bonchev–Trinajstić information content (AvgIpc) is 2.97. The monoisotopic (exact) mass is 920 g/mol. The Morgan fingerprint density at radius 2 is 1.32 bits per heavy atom. The number of nitrogens with zero attached hydrogens (tertiary/aromatic N) is 1. The Bertz CT molecular complexity index is 1130. The van der Waals surface area contributed by atoms with E-state index in [4.69, 9.17) is 0 Å². The molecule has 4 unspecified atom stereocenters. The van der Waals surface area contributed by atoms with Crippen molar-refractivity contribution in [3.05, 3.63) is 0 Å². The number of carboxylic acid groups (broad SMARTS) is 1. The van der Waals surface area contributed by atoms with Crippen molar-refractivity contribution >= 4 is 81.2 Å². The van der Waals surface area contributed by atoms with Gasteiger partial charge in [-0.1, -0.05) is 55.4 Å². The van der Waals surface area contributed by atoms with Gasteiger partial charge in [0.25, 0.3) is 0 Å². The molecule has 1 N–H and O–H groups in total. The third-order valence-corrected chi connectivity index (χ3v) is 7.43. The Morgan fingerprint density at radius 3 is 1.66 bits per heavy atom. The second kappa shape index (κ2) is 24.5. The zero-order valence-corrected chi connectivity index (χ0v) is 39.5. The first-order valence-corrected chi connectivity index (χ1v) is 22.0. The van der Waals surface area contributed by atoms with Crippen molar-refractivity contribution in [3.8, 4) is 0 Å². The van der Waals surface area contributed by atoms with Crippen molar-refractivity contribution in [3.63, 3.8) is 0 Å². The van der Waals surface area contributed by atoms with E-state index in [0.29, 0.717) is 6.42 Å². The van der Waals surface area contributed by atoms with Crippen LogP contribution in [-0.4, -0.2) is 79.1 Å². The summed E-state index contributed by atoms with van der Waals surface area (Å²) < 4.78 is 63.0. The van der Waals surface area contributed by atoms with Crippen molar-refractivity contribution in [2.24, 2.45) is 34.5 Å². The summed E-state index contributed by atoms with van der Waals surface area (Å²) in [6, 6.07) is 0. The van der Waals surface area contributed by atoms with Crippen molar-refractivity contribution in [2.45, 2.75) is 68.2 Å². The fourth-order valence-corrected chi connectivity index (χ4v) is 4.81. The summed E-state index contributed by atoms with van der Waals surface area (Å²) in [5.74, 6) is -6.85. The van der Waals surface area contributed by atoms with Gasteiger partial charge in [-0.25, -0.2) is 16.8 Å². The van der Waals surface area contributed by atoms with E-state index in [9.17, 15) is 50.2 Å². The number of amides is 3. The predicted octanol–water partition coefficient (Wildman–Crippen LogP) is -7.54. The number of nitrogens with one attached hydrogen (secondary N) is 1. The molecule has 0 bridgehead atoms. The number of carbonyl (C=O) groups is 4. The van der Waals surface area contributed by atoms with E-state index in [1.54, 1.807) is 6.92 Å². The van der Waals surface area contributed by atoms with Crippen LogP contribution in [0, 0.1) is 34.5 Å². The maximum atomic E-state index is 12.1. The molecule has 1 aliphatic rings. The third kappa shape index (κ3) is 25.3. The molecule has 0 aromatic rings. The van der Waals surface area contributed by atoms with Gasteiger partial charge in [-0.2, -0.15) is 0 Å². The second-order valence-corrected chi connectivity index (χ2v) is 15.3. The van der Waals surface area contributed by atoms with Crippen molar-refractivity contribution in [1.29, 1.82) is 0 Å². The Balaban J connectivity index is -0.000000205. The molecule has 1 aliphatic heterocycles. The number of hydrogen-bond donors (Lipinski definition) is 1. The normalized spacial score (nSPS) is 18.0. The number of carboxylic acids is 1. The van der Waals surface area contributed by atoms with Gasteiger partial charge in [0.15, 0.2) is 0 Å². The van der Waals surface area contributed by atoms with Gasteiger partial charge in [0.2, 0.25) is 17.7 Å². The van der Waals surface area contributed by atoms with Crippen LogP contribution in [0.5, 0.6) is 0 Å². The summed E-state index contributed by atoms with van der Waals surface area (Å²) in [5, 5.41) is 13.4. The smallest absolute Gasteiger partial charge is 0.748 e. The van der Waals surface area contributed by atoms with E-state index in [-0.39, 0.29) is 131 Å². The first-order valence-electron chi connectivity index (χ1n) is 12.6. The van der Waals surface area contributed by atoms with Crippen LogP contribution in [0.3, 0.4) is 0 Å². The Labute approximate surface area is 352 Å². The molecule has 13 nitrogen and oxygen atoms in total. The predicted molar refractivity (Wildman–Crippen MR) is 165 cm³/mol. The summed E-state index contributed by atoms with van der Waals surface area (Å²) in [5.41, 5.74) is -0.396. The summed E-state index contributed by atoms with van der Waals surface area (Å²) in [4.78, 5) is 47.9. The van der Waals surface area contributed by atoms with Gasteiger partial charge in [-0.05, 0) is 23.7 Å². The van der Waals surface area contributed by atoms with E-state index in [0.717, 1.165) is 4.90 Å². The minimum Gasteiger partial charge on any atom is -0.748 e. The van der Waals surface area contributed by atoms with Gasteiger partial charge in [0.1, 0.15) is 0 Å². The van der Waals surface area contributed by atoms with Gasteiger partial charge < -0.3 is 24.3 Å². The van der Waals surface area contributed by atoms with Crippen LogP contribution in [0.25, 0.3) is 0 Å². The van der Waals surface area contributed by atoms with Crippen LogP contribution < -0.4 is 99.1 Å². The molecule has 0 spiro atoms. The van der Waals surface area contributed by atoms with Crippen molar-refractivity contribution in [1.82, 2.24) is 10.2 Å². The third-order valence-electron chi connectivity index (χ3n) is 6.04. The number of likely N-dealkylation sites (tertiary alicyclic amines) is 1. The molecule has 3 amide bonds. The van der Waals surface area contributed by atoms with E-state index in [2.05, 4.69) is 42.5 Å². The van der Waals surface area contributed by atoms with Crippen LogP contribution in [-0.2, 0) is 39.4 Å². The molecule has 1 saturated heterocycles. The molecular formula is C24H41I2N2Na3O11S2. The van der Waals surface area contributed by atoms with Crippen LogP contribution in [0.1, 0.15) is 68.2 Å². The van der Waals surface area contributed by atoms with Gasteiger partial charge in [0.05, 0.1) is 37.7 Å². The van der Waals surface area contributed by atoms with E-state index < -0.39 is 67.3 Å². The molecular weight excluding hydrogens is 879 g/mol. The van der Waals surface area contributed by atoms with Crippen LogP contribution in [0.2, 0.25) is 0 Å². The Kier molecular flexibility index (Phi) is 31.0. The maximum Gasteiger partial charge on any atom is 1.00 e. The minimum atomic E-state index is -4.42. The fourth-order valence-electron chi connectivity index (χ4n) is 4.05. The molecule has 1 rings (SSSR count). The zero-order valence-electron chi connectivity index (χ0n) is 27.6. The molecule has 4 atom stereocenters. The molecule has 20 heteroatoms. The van der Waals surface area contributed by atoms with Crippen LogP contribution >= 0.6 is 37.2 Å². The topological polar surface area (TPSA) is 221 Å². The molecule has 0 aromatic heterocycles. The Morgan fingerprint density at radius 1 is 0.886 bits per heavy atom. The number of carbonyl (C=O) groups excluding carboxylic acids is 4. The van der Waals surface area contributed by atoms with Crippen molar-refractivity contribution < 1.29 is 139 Å². The van der Waals surface area contributed by atoms with Crippen LogP contribution in [0.4, 0.5) is 0 Å². The van der Waals surface area contributed by atoms with Gasteiger partial charge >= 0.3 is 88.7 Å². The number of halogens is 2. The van der Waals surface area contributed by atoms with E-state index >= 15 is 0 Å². The molecule has 1 fully saturated rings. The average molecular weight is 921 g/mol. The first-order chi connectivity index (χ1) is 18.3. The summed E-state index contributed by atoms with van der Waals surface area (Å²) >= 11 is 4.24. The maximum absolute atomic E-state index is 12.1. The van der Waals surface area contributed by atoms with Gasteiger partial charge in [0, 0.05) is 74.0 Å². The van der Waals surface area contributed by atoms with E-state index in [1.165, 1.54) is 6.92 Å². The van der Waals surface area contributed by atoms with Gasteiger partial charge in [-0.15, -0.1) is 0 Å². The fraction of sp³-hybridized carbons (Fsp3) is 0.833. The number of aliphatic carboxylic acids is 1. The molecule has 0 saturated carbocycles. The molecule has 1 heterocycles. The second-order valence-electron chi connectivity index (χ2n) is 12.3. The quantitative estimate of drug-likeness (QED) is 0.0889. The zero-order chi connectivity index (χ0) is 33.1. The molecule has 0 aromatic carbocycles. The largest absolute Gasteiger partial charge is 1.00 e. The SMILES string of the molecule is CC(C(=O)NCCS(=O)(=O)[O-])C(CC(C)(C)C)C(=O)[O-].CC1C(=O)N(CCS(=O)(=O)[O-])C(=O)C1CC(C)(C)C.II.[Na+].[Na+].[Na+]. The van der Waals surface area contributed by atoms with Crippen LogP contribution in [0.15, 0.2) is 0 Å². The summed E-state index contributed by atoms with van der Waals surface area (Å²) in [7, 11) is -8.83. The van der Waals surface area contributed by atoms with Gasteiger partial charge in [-0.3, -0.25) is 19.3 Å². The molecule has 242 valence electrons.